The lowest BCUT2D eigenvalue weighted by molar-refractivity contribution is 0.0322. The van der Waals surface area contributed by atoms with E-state index in [0.717, 1.165) is 75.7 Å². The second-order valence-corrected chi connectivity index (χ2v) is 10.4. The zero-order chi connectivity index (χ0) is 27.6. The van der Waals surface area contributed by atoms with Crippen LogP contribution in [0.25, 0.3) is 0 Å². The number of ether oxygens (including phenoxy) is 2. The van der Waals surface area contributed by atoms with Gasteiger partial charge in [0.1, 0.15) is 12.4 Å². The molecule has 40 heavy (non-hydrogen) atoms. The second kappa shape index (κ2) is 14.0. The van der Waals surface area contributed by atoms with E-state index in [9.17, 15) is 9.59 Å². The monoisotopic (exact) mass is 546 g/mol. The lowest BCUT2D eigenvalue weighted by Gasteiger charge is -2.34. The van der Waals surface area contributed by atoms with Crippen LogP contribution in [-0.4, -0.2) is 68.9 Å². The van der Waals surface area contributed by atoms with Gasteiger partial charge in [0, 0.05) is 49.7 Å². The van der Waals surface area contributed by atoms with E-state index in [-0.39, 0.29) is 23.9 Å². The first-order chi connectivity index (χ1) is 19.6. The van der Waals surface area contributed by atoms with E-state index in [1.54, 1.807) is 17.0 Å². The number of nitrogens with one attached hydrogen (secondary N) is 2. The topological polar surface area (TPSA) is 96.3 Å². The van der Waals surface area contributed by atoms with E-state index in [4.69, 9.17) is 13.9 Å². The molecule has 0 radical (unpaired) electrons. The Bertz CT molecular complexity index is 1210. The first kappa shape index (κ1) is 27.7. The fourth-order valence-corrected chi connectivity index (χ4v) is 5.39. The predicted octanol–water partition coefficient (Wildman–Crippen LogP) is 5.02. The molecule has 2 fully saturated rings. The van der Waals surface area contributed by atoms with Gasteiger partial charge in [-0.25, -0.2) is 4.79 Å². The van der Waals surface area contributed by atoms with Gasteiger partial charge in [0.05, 0.1) is 19.5 Å². The molecule has 2 unspecified atom stereocenters. The summed E-state index contributed by atoms with van der Waals surface area (Å²) in [6.07, 6.45) is 5.16. The molecular weight excluding hydrogens is 508 g/mol. The van der Waals surface area contributed by atoms with E-state index in [2.05, 4.69) is 15.5 Å². The third kappa shape index (κ3) is 7.86. The van der Waals surface area contributed by atoms with Crippen LogP contribution >= 0.6 is 0 Å². The first-order valence-corrected chi connectivity index (χ1v) is 14.1. The van der Waals surface area contributed by atoms with Crippen molar-refractivity contribution < 1.29 is 23.5 Å². The lowest BCUT2D eigenvalue weighted by atomic mass is 9.85. The number of carbonyl (C=O) groups excluding carboxylic acids is 2. The van der Waals surface area contributed by atoms with E-state index in [0.29, 0.717) is 18.9 Å². The molecule has 9 nitrogen and oxygen atoms in total. The number of rotatable bonds is 10. The third-order valence-corrected chi connectivity index (χ3v) is 7.48. The quantitative estimate of drug-likeness (QED) is 0.371. The van der Waals surface area contributed by atoms with Crippen LogP contribution < -0.4 is 20.3 Å². The Hall–Kier alpha value is -3.82. The minimum atomic E-state index is -0.198. The predicted molar refractivity (Wildman–Crippen MR) is 154 cm³/mol. The van der Waals surface area contributed by atoms with Gasteiger partial charge in [-0.3, -0.25) is 14.6 Å². The minimum absolute atomic E-state index is 0.0326. The van der Waals surface area contributed by atoms with Crippen molar-refractivity contribution >= 4 is 23.3 Å². The number of amides is 3. The van der Waals surface area contributed by atoms with Crippen LogP contribution in [0.4, 0.5) is 16.2 Å². The Kier molecular flexibility index (Phi) is 9.71. The molecule has 0 spiro atoms. The number of furan rings is 1. The van der Waals surface area contributed by atoms with Crippen molar-refractivity contribution in [2.75, 3.05) is 56.2 Å². The van der Waals surface area contributed by atoms with Gasteiger partial charge < -0.3 is 24.5 Å². The zero-order valence-corrected chi connectivity index (χ0v) is 22.8. The number of benzene rings is 2. The van der Waals surface area contributed by atoms with Gasteiger partial charge in [-0.2, -0.15) is 0 Å². The maximum absolute atomic E-state index is 13.6. The van der Waals surface area contributed by atoms with Gasteiger partial charge >= 0.3 is 6.03 Å². The molecule has 212 valence electrons. The highest BCUT2D eigenvalue weighted by Gasteiger charge is 2.28. The summed E-state index contributed by atoms with van der Waals surface area (Å²) in [5, 5.41) is 6.15. The molecular formula is C31H38N4O5. The molecule has 0 bridgehead atoms. The summed E-state index contributed by atoms with van der Waals surface area (Å²) < 4.78 is 16.8. The number of anilines is 2. The fraction of sp³-hybridized carbons (Fsp3) is 0.419. The fourth-order valence-electron chi connectivity index (χ4n) is 5.39. The van der Waals surface area contributed by atoms with Crippen LogP contribution in [0.2, 0.25) is 0 Å². The summed E-state index contributed by atoms with van der Waals surface area (Å²) in [5.74, 6) is 1.08. The summed E-state index contributed by atoms with van der Waals surface area (Å²) in [4.78, 5) is 30.3. The summed E-state index contributed by atoms with van der Waals surface area (Å²) in [5.41, 5.74) is 1.52. The van der Waals surface area contributed by atoms with Crippen LogP contribution in [0.5, 0.6) is 5.75 Å². The molecule has 9 heteroatoms. The standard InChI is InChI=1S/C31H38N4O5/c36-30(29-13-6-17-40-29)32-26-10-4-7-24(21-26)23-35(31(37)33-25-8-2-1-3-9-25)27-11-5-12-28(22-27)39-20-16-34-14-18-38-19-15-34/h1-3,5-6,8-9,11-13,17,22,24,26H,4,7,10,14-16,18-21,23H2,(H,32,36)(H,33,37). The maximum Gasteiger partial charge on any atom is 0.326 e. The number of urea groups is 1. The highest BCUT2D eigenvalue weighted by atomic mass is 16.5. The molecule has 5 rings (SSSR count). The van der Waals surface area contributed by atoms with Crippen LogP contribution in [-0.2, 0) is 4.74 Å². The molecule has 2 aliphatic rings. The molecule has 2 atom stereocenters. The van der Waals surface area contributed by atoms with E-state index < -0.39 is 0 Å². The van der Waals surface area contributed by atoms with E-state index in [1.807, 2.05) is 54.6 Å². The van der Waals surface area contributed by atoms with Gasteiger partial charge in [-0.1, -0.05) is 30.7 Å². The molecule has 1 aliphatic heterocycles. The van der Waals surface area contributed by atoms with Gasteiger partial charge in [-0.05, 0) is 61.6 Å². The lowest BCUT2D eigenvalue weighted by Crippen LogP contribution is -2.43. The number of para-hydroxylation sites is 1. The molecule has 2 heterocycles. The summed E-state index contributed by atoms with van der Waals surface area (Å²) in [6, 6.07) is 20.4. The van der Waals surface area contributed by atoms with Crippen molar-refractivity contribution in [2.24, 2.45) is 5.92 Å². The summed E-state index contributed by atoms with van der Waals surface area (Å²) in [6.45, 7) is 5.29. The van der Waals surface area contributed by atoms with Crippen molar-refractivity contribution in [2.45, 2.75) is 31.7 Å². The largest absolute Gasteiger partial charge is 0.492 e. The first-order valence-electron chi connectivity index (χ1n) is 14.1. The number of nitrogens with zero attached hydrogens (tertiary/aromatic N) is 2. The van der Waals surface area contributed by atoms with Gasteiger partial charge in [-0.15, -0.1) is 0 Å². The van der Waals surface area contributed by atoms with Crippen molar-refractivity contribution in [1.82, 2.24) is 10.2 Å². The number of hydrogen-bond acceptors (Lipinski definition) is 6. The molecule has 1 aromatic heterocycles. The van der Waals surface area contributed by atoms with E-state index in [1.165, 1.54) is 6.26 Å². The van der Waals surface area contributed by atoms with Crippen molar-refractivity contribution in [3.8, 4) is 5.75 Å². The second-order valence-electron chi connectivity index (χ2n) is 10.4. The Labute approximate surface area is 235 Å². The van der Waals surface area contributed by atoms with Gasteiger partial charge in [0.2, 0.25) is 0 Å². The molecule has 2 N–H and O–H groups in total. The summed E-state index contributed by atoms with van der Waals surface area (Å²) in [7, 11) is 0. The van der Waals surface area contributed by atoms with Crippen molar-refractivity contribution in [3.63, 3.8) is 0 Å². The Morgan fingerprint density at radius 3 is 2.65 bits per heavy atom. The van der Waals surface area contributed by atoms with Crippen molar-refractivity contribution in [1.29, 1.82) is 0 Å². The number of carbonyl (C=O) groups is 2. The molecule has 3 aromatic rings. The molecule has 2 aromatic carbocycles. The Balaban J connectivity index is 1.26. The Morgan fingerprint density at radius 2 is 1.85 bits per heavy atom. The average molecular weight is 547 g/mol. The summed E-state index contributed by atoms with van der Waals surface area (Å²) >= 11 is 0. The van der Waals surface area contributed by atoms with Crippen LogP contribution in [0.1, 0.15) is 36.2 Å². The maximum atomic E-state index is 13.6. The minimum Gasteiger partial charge on any atom is -0.492 e. The normalized spacial score (nSPS) is 19.5. The van der Waals surface area contributed by atoms with Crippen LogP contribution in [0, 0.1) is 5.92 Å². The highest BCUT2D eigenvalue weighted by molar-refractivity contribution is 6.01. The van der Waals surface area contributed by atoms with E-state index >= 15 is 0 Å². The molecule has 3 amide bonds. The average Bonchev–Trinajstić information content (AvgIpc) is 3.53. The Morgan fingerprint density at radius 1 is 1.00 bits per heavy atom. The molecule has 1 saturated heterocycles. The highest BCUT2D eigenvalue weighted by Crippen LogP contribution is 2.29. The number of morpholine rings is 1. The SMILES string of the molecule is O=C(NC1CCCC(CN(C(=O)Nc2ccccc2)c2cccc(OCCN3CCOCC3)c2)C1)c1ccco1. The smallest absolute Gasteiger partial charge is 0.326 e. The molecule has 1 saturated carbocycles. The van der Waals surface area contributed by atoms with Crippen molar-refractivity contribution in [3.05, 3.63) is 78.8 Å². The van der Waals surface area contributed by atoms with Gasteiger partial charge in [0.25, 0.3) is 5.91 Å². The van der Waals surface area contributed by atoms with Crippen LogP contribution in [0.3, 0.4) is 0 Å². The van der Waals surface area contributed by atoms with Crippen LogP contribution in [0.15, 0.2) is 77.4 Å². The third-order valence-electron chi connectivity index (χ3n) is 7.48. The van der Waals surface area contributed by atoms with Gasteiger partial charge in [0.15, 0.2) is 5.76 Å². The zero-order valence-electron chi connectivity index (χ0n) is 22.8. The number of hydrogen-bond donors (Lipinski definition) is 2. The molecule has 1 aliphatic carbocycles.